The van der Waals surface area contributed by atoms with Gasteiger partial charge in [0.05, 0.1) is 17.2 Å². The van der Waals surface area contributed by atoms with E-state index in [0.717, 1.165) is 11.1 Å². The first-order valence-corrected chi connectivity index (χ1v) is 10.7. The van der Waals surface area contributed by atoms with E-state index in [2.05, 4.69) is 18.8 Å². The minimum Gasteiger partial charge on any atom is -0.507 e. The maximum Gasteiger partial charge on any atom is 0.301 e. The van der Waals surface area contributed by atoms with Crippen molar-refractivity contribution < 1.29 is 14.7 Å². The number of amides is 1. The van der Waals surface area contributed by atoms with Crippen molar-refractivity contribution in [1.82, 2.24) is 4.98 Å². The number of carbonyl (C=O) groups excluding carboxylic acids is 2. The minimum atomic E-state index is -0.854. The van der Waals surface area contributed by atoms with Crippen LogP contribution in [-0.4, -0.2) is 21.8 Å². The molecule has 1 aliphatic rings. The number of pyridine rings is 1. The lowest BCUT2D eigenvalue weighted by Crippen LogP contribution is -2.30. The molecule has 1 N–H and O–H groups in total. The molecule has 4 rings (SSSR count). The molecule has 0 radical (unpaired) electrons. The second kappa shape index (κ2) is 8.71. The van der Waals surface area contributed by atoms with Gasteiger partial charge in [0.25, 0.3) is 5.78 Å². The molecule has 0 spiro atoms. The maximum atomic E-state index is 13.2. The summed E-state index contributed by atoms with van der Waals surface area (Å²) in [5.41, 5.74) is 3.61. The molecule has 1 unspecified atom stereocenters. The number of rotatable bonds is 4. The molecule has 0 saturated carbocycles. The number of aliphatic hydroxyl groups is 1. The summed E-state index contributed by atoms with van der Waals surface area (Å²) in [5, 5.41) is 20.2. The highest BCUT2D eigenvalue weighted by atomic mass is 16.3. The van der Waals surface area contributed by atoms with Crippen LogP contribution < -0.4 is 4.90 Å². The van der Waals surface area contributed by atoms with Crippen molar-refractivity contribution in [3.05, 3.63) is 100 Å². The molecular formula is C27H23N3O3. The topological polar surface area (TPSA) is 94.3 Å². The molecule has 33 heavy (non-hydrogen) atoms. The van der Waals surface area contributed by atoms with Gasteiger partial charge in [-0.1, -0.05) is 67.9 Å². The number of anilines is 1. The SMILES string of the molecule is Cc1ccc(/C(O)=C2/C(=O)C(=O)N(c3ccc(C#N)cn3)C2c2ccc(C(C)C)cc2)cc1. The van der Waals surface area contributed by atoms with Crippen LogP contribution in [0.25, 0.3) is 5.76 Å². The summed E-state index contributed by atoms with van der Waals surface area (Å²) < 4.78 is 0. The van der Waals surface area contributed by atoms with Crippen LogP contribution in [0.2, 0.25) is 0 Å². The molecule has 1 aromatic heterocycles. The fourth-order valence-corrected chi connectivity index (χ4v) is 3.91. The number of aryl methyl sites for hydroxylation is 1. The lowest BCUT2D eigenvalue weighted by molar-refractivity contribution is -0.132. The van der Waals surface area contributed by atoms with Crippen molar-refractivity contribution in [3.63, 3.8) is 0 Å². The molecule has 6 nitrogen and oxygen atoms in total. The largest absolute Gasteiger partial charge is 0.507 e. The highest BCUT2D eigenvalue weighted by molar-refractivity contribution is 6.51. The number of hydrogen-bond donors (Lipinski definition) is 1. The summed E-state index contributed by atoms with van der Waals surface area (Å²) in [6.07, 6.45) is 1.35. The van der Waals surface area contributed by atoms with Gasteiger partial charge in [0, 0.05) is 11.8 Å². The van der Waals surface area contributed by atoms with Gasteiger partial charge >= 0.3 is 5.91 Å². The number of nitriles is 1. The van der Waals surface area contributed by atoms with Crippen LogP contribution in [0.1, 0.15) is 53.6 Å². The Kier molecular flexibility index (Phi) is 5.80. The number of aromatic nitrogens is 1. The van der Waals surface area contributed by atoms with Crippen LogP contribution in [0.5, 0.6) is 0 Å². The van der Waals surface area contributed by atoms with Gasteiger partial charge in [-0.25, -0.2) is 4.98 Å². The van der Waals surface area contributed by atoms with Crippen molar-refractivity contribution in [2.45, 2.75) is 32.7 Å². The van der Waals surface area contributed by atoms with Gasteiger partial charge in [-0.05, 0) is 36.1 Å². The smallest absolute Gasteiger partial charge is 0.301 e. The normalized spacial score (nSPS) is 17.4. The van der Waals surface area contributed by atoms with Crippen molar-refractivity contribution >= 4 is 23.3 Å². The van der Waals surface area contributed by atoms with Crippen molar-refractivity contribution in [1.29, 1.82) is 5.26 Å². The molecule has 2 aromatic carbocycles. The lowest BCUT2D eigenvalue weighted by atomic mass is 9.93. The number of Topliss-reactive ketones (excluding diaryl/α,β-unsaturated/α-hetero) is 1. The third-order valence-electron chi connectivity index (χ3n) is 5.81. The molecule has 1 saturated heterocycles. The Hall–Kier alpha value is -4.24. The van der Waals surface area contributed by atoms with Crippen LogP contribution in [0.4, 0.5) is 5.82 Å². The predicted octanol–water partition coefficient (Wildman–Crippen LogP) is 5.01. The van der Waals surface area contributed by atoms with E-state index in [4.69, 9.17) is 5.26 Å². The summed E-state index contributed by atoms with van der Waals surface area (Å²) in [7, 11) is 0. The van der Waals surface area contributed by atoms with E-state index in [1.54, 1.807) is 18.2 Å². The molecule has 2 heterocycles. The zero-order valence-corrected chi connectivity index (χ0v) is 18.6. The van der Waals surface area contributed by atoms with E-state index in [1.807, 2.05) is 49.4 Å². The molecular weight excluding hydrogens is 414 g/mol. The first-order valence-electron chi connectivity index (χ1n) is 10.7. The molecule has 0 aliphatic carbocycles. The Morgan fingerprint density at radius 3 is 2.24 bits per heavy atom. The van der Waals surface area contributed by atoms with Gasteiger partial charge < -0.3 is 5.11 Å². The zero-order valence-electron chi connectivity index (χ0n) is 18.6. The molecule has 1 amide bonds. The van der Waals surface area contributed by atoms with Gasteiger partial charge in [-0.2, -0.15) is 5.26 Å². The number of carbonyl (C=O) groups is 2. The monoisotopic (exact) mass is 437 g/mol. The van der Waals surface area contributed by atoms with E-state index in [0.29, 0.717) is 22.6 Å². The van der Waals surface area contributed by atoms with E-state index in [9.17, 15) is 14.7 Å². The minimum absolute atomic E-state index is 0.00677. The third-order valence-corrected chi connectivity index (χ3v) is 5.81. The summed E-state index contributed by atoms with van der Waals surface area (Å²) in [6, 6.07) is 19.0. The first-order chi connectivity index (χ1) is 15.8. The zero-order chi connectivity index (χ0) is 23.7. The van der Waals surface area contributed by atoms with Crippen LogP contribution in [0.3, 0.4) is 0 Å². The third kappa shape index (κ3) is 4.01. The van der Waals surface area contributed by atoms with Gasteiger partial charge in [-0.3, -0.25) is 14.5 Å². The molecule has 1 atom stereocenters. The van der Waals surface area contributed by atoms with Crippen LogP contribution in [0.15, 0.2) is 72.4 Å². The summed E-state index contributed by atoms with van der Waals surface area (Å²) in [4.78, 5) is 31.8. The molecule has 164 valence electrons. The van der Waals surface area contributed by atoms with Crippen molar-refractivity contribution in [3.8, 4) is 6.07 Å². The standard InChI is InChI=1S/C27H23N3O3/c1-16(2)19-9-11-20(12-10-19)24-23(25(31)21-7-4-17(3)5-8-21)26(32)27(33)30(24)22-13-6-18(14-28)15-29-22/h4-13,15-16,24,31H,1-3H3/b25-23-. The van der Waals surface area contributed by atoms with E-state index >= 15 is 0 Å². The summed E-state index contributed by atoms with van der Waals surface area (Å²) in [6.45, 7) is 6.09. The van der Waals surface area contributed by atoms with Gasteiger partial charge in [0.2, 0.25) is 0 Å². The van der Waals surface area contributed by atoms with Gasteiger partial charge in [-0.15, -0.1) is 0 Å². The molecule has 0 bridgehead atoms. The first kappa shape index (κ1) is 22.0. The average Bonchev–Trinajstić information content (AvgIpc) is 3.09. The van der Waals surface area contributed by atoms with Crippen molar-refractivity contribution in [2.24, 2.45) is 0 Å². The maximum absolute atomic E-state index is 13.2. The fraction of sp³-hybridized carbons (Fsp3) is 0.185. The number of benzene rings is 2. The molecule has 1 fully saturated rings. The highest BCUT2D eigenvalue weighted by Crippen LogP contribution is 2.41. The van der Waals surface area contributed by atoms with Gasteiger partial charge in [0.15, 0.2) is 0 Å². The number of ketones is 1. The number of aliphatic hydroxyl groups excluding tert-OH is 1. The highest BCUT2D eigenvalue weighted by Gasteiger charge is 2.47. The Morgan fingerprint density at radius 2 is 1.70 bits per heavy atom. The second-order valence-corrected chi connectivity index (χ2v) is 8.37. The second-order valence-electron chi connectivity index (χ2n) is 8.37. The Balaban J connectivity index is 1.91. The quantitative estimate of drug-likeness (QED) is 0.352. The summed E-state index contributed by atoms with van der Waals surface area (Å²) in [5.74, 6) is -1.24. The molecule has 6 heteroatoms. The number of nitrogens with zero attached hydrogens (tertiary/aromatic N) is 3. The lowest BCUT2D eigenvalue weighted by Gasteiger charge is -2.25. The molecule has 1 aliphatic heterocycles. The predicted molar refractivity (Wildman–Crippen MR) is 125 cm³/mol. The Bertz CT molecular complexity index is 1280. The molecule has 3 aromatic rings. The van der Waals surface area contributed by atoms with E-state index in [-0.39, 0.29) is 17.2 Å². The van der Waals surface area contributed by atoms with Crippen molar-refractivity contribution in [2.75, 3.05) is 4.90 Å². The van der Waals surface area contributed by atoms with Gasteiger partial charge in [0.1, 0.15) is 17.6 Å². The average molecular weight is 437 g/mol. The van der Waals surface area contributed by atoms with E-state index < -0.39 is 17.7 Å². The van der Waals surface area contributed by atoms with Crippen LogP contribution >= 0.6 is 0 Å². The van der Waals surface area contributed by atoms with E-state index in [1.165, 1.54) is 17.2 Å². The van der Waals surface area contributed by atoms with Crippen LogP contribution in [0, 0.1) is 18.3 Å². The Morgan fingerprint density at radius 1 is 1.03 bits per heavy atom. The Labute approximate surface area is 192 Å². The van der Waals surface area contributed by atoms with Crippen LogP contribution in [-0.2, 0) is 9.59 Å². The fourth-order valence-electron chi connectivity index (χ4n) is 3.91. The number of hydrogen-bond acceptors (Lipinski definition) is 5. The summed E-state index contributed by atoms with van der Waals surface area (Å²) >= 11 is 0.